The zero-order valence-corrected chi connectivity index (χ0v) is 10.8. The van der Waals surface area contributed by atoms with Crippen LogP contribution in [0.2, 0.25) is 0 Å². The van der Waals surface area contributed by atoms with Crippen LogP contribution in [0.25, 0.3) is 0 Å². The molecule has 5 N–H and O–H groups in total. The standard InChI is InChI=1S/C14H24N2O/c1-3-12(7-11(8-15)9-16)14-5-4-13(17)6-10(14)2/h4-6,11-12,17H,3,7-9,15-16H2,1-2H3. The highest BCUT2D eigenvalue weighted by molar-refractivity contribution is 5.36. The Hall–Kier alpha value is -1.06. The van der Waals surface area contributed by atoms with Crippen LogP contribution in [0.1, 0.15) is 36.8 Å². The van der Waals surface area contributed by atoms with Gasteiger partial charge in [-0.05, 0) is 68.0 Å². The zero-order valence-electron chi connectivity index (χ0n) is 10.8. The normalized spacial score (nSPS) is 13.0. The molecule has 1 aromatic rings. The van der Waals surface area contributed by atoms with Crippen molar-refractivity contribution in [1.82, 2.24) is 0 Å². The van der Waals surface area contributed by atoms with Crippen molar-refractivity contribution < 1.29 is 5.11 Å². The van der Waals surface area contributed by atoms with E-state index >= 15 is 0 Å². The molecule has 0 saturated heterocycles. The number of aryl methyl sites for hydroxylation is 1. The summed E-state index contributed by atoms with van der Waals surface area (Å²) in [6.45, 7) is 5.51. The van der Waals surface area contributed by atoms with Crippen molar-refractivity contribution in [2.45, 2.75) is 32.6 Å². The van der Waals surface area contributed by atoms with E-state index in [0.29, 0.717) is 30.7 Å². The van der Waals surface area contributed by atoms with Crippen LogP contribution in [0.4, 0.5) is 0 Å². The highest BCUT2D eigenvalue weighted by Gasteiger charge is 2.16. The summed E-state index contributed by atoms with van der Waals surface area (Å²) in [4.78, 5) is 0. The van der Waals surface area contributed by atoms with E-state index < -0.39 is 0 Å². The van der Waals surface area contributed by atoms with Crippen LogP contribution in [0.5, 0.6) is 5.75 Å². The van der Waals surface area contributed by atoms with Crippen LogP contribution in [0.15, 0.2) is 18.2 Å². The summed E-state index contributed by atoms with van der Waals surface area (Å²) in [5.41, 5.74) is 13.9. The van der Waals surface area contributed by atoms with Crippen molar-refractivity contribution in [2.75, 3.05) is 13.1 Å². The van der Waals surface area contributed by atoms with Gasteiger partial charge in [0.15, 0.2) is 0 Å². The first-order chi connectivity index (χ1) is 8.12. The van der Waals surface area contributed by atoms with E-state index in [1.807, 2.05) is 19.1 Å². The molecule has 0 radical (unpaired) electrons. The predicted molar refractivity (Wildman–Crippen MR) is 72.1 cm³/mol. The van der Waals surface area contributed by atoms with Gasteiger partial charge in [0, 0.05) is 0 Å². The Bertz CT molecular complexity index is 348. The lowest BCUT2D eigenvalue weighted by Crippen LogP contribution is -2.25. The fourth-order valence-electron chi connectivity index (χ4n) is 2.32. The Kier molecular flexibility index (Phi) is 5.45. The molecule has 0 aliphatic rings. The van der Waals surface area contributed by atoms with Crippen molar-refractivity contribution in [3.63, 3.8) is 0 Å². The van der Waals surface area contributed by atoms with Crippen LogP contribution in [0, 0.1) is 12.8 Å². The first-order valence-electron chi connectivity index (χ1n) is 6.32. The quantitative estimate of drug-likeness (QED) is 0.708. The predicted octanol–water partition coefficient (Wildman–Crippen LogP) is 2.12. The minimum atomic E-state index is 0.329. The van der Waals surface area contributed by atoms with Gasteiger partial charge in [-0.1, -0.05) is 13.0 Å². The van der Waals surface area contributed by atoms with Crippen LogP contribution >= 0.6 is 0 Å². The minimum absolute atomic E-state index is 0.329. The molecular weight excluding hydrogens is 212 g/mol. The lowest BCUT2D eigenvalue weighted by Gasteiger charge is -2.22. The summed E-state index contributed by atoms with van der Waals surface area (Å²) in [5.74, 6) is 1.19. The van der Waals surface area contributed by atoms with Crippen molar-refractivity contribution in [3.8, 4) is 5.75 Å². The van der Waals surface area contributed by atoms with E-state index in [2.05, 4.69) is 6.92 Å². The van der Waals surface area contributed by atoms with Crippen molar-refractivity contribution in [3.05, 3.63) is 29.3 Å². The van der Waals surface area contributed by atoms with Gasteiger partial charge in [0.05, 0.1) is 0 Å². The summed E-state index contributed by atoms with van der Waals surface area (Å²) < 4.78 is 0. The summed E-state index contributed by atoms with van der Waals surface area (Å²) in [7, 11) is 0. The molecule has 0 bridgehead atoms. The van der Waals surface area contributed by atoms with Crippen LogP contribution in [0.3, 0.4) is 0 Å². The van der Waals surface area contributed by atoms with Crippen molar-refractivity contribution in [2.24, 2.45) is 17.4 Å². The molecule has 0 heterocycles. The number of hydrogen-bond acceptors (Lipinski definition) is 3. The lowest BCUT2D eigenvalue weighted by atomic mass is 9.85. The number of benzene rings is 1. The molecule has 0 aliphatic heterocycles. The number of phenols is 1. The SMILES string of the molecule is CCC(CC(CN)CN)c1ccc(O)cc1C. The number of phenolic OH excluding ortho intramolecular Hbond substituents is 1. The highest BCUT2D eigenvalue weighted by atomic mass is 16.3. The molecule has 0 aliphatic carbocycles. The van der Waals surface area contributed by atoms with E-state index in [0.717, 1.165) is 18.4 Å². The summed E-state index contributed by atoms with van der Waals surface area (Å²) >= 11 is 0. The number of rotatable bonds is 6. The largest absolute Gasteiger partial charge is 0.508 e. The molecular formula is C14H24N2O. The molecule has 3 heteroatoms. The first-order valence-corrected chi connectivity index (χ1v) is 6.32. The topological polar surface area (TPSA) is 72.3 Å². The molecule has 0 spiro atoms. The molecule has 0 fully saturated rings. The van der Waals surface area contributed by atoms with Gasteiger partial charge < -0.3 is 16.6 Å². The fourth-order valence-corrected chi connectivity index (χ4v) is 2.32. The molecule has 0 saturated carbocycles. The second-order valence-corrected chi connectivity index (χ2v) is 4.72. The third kappa shape index (κ3) is 3.72. The van der Waals surface area contributed by atoms with Crippen LogP contribution < -0.4 is 11.5 Å². The van der Waals surface area contributed by atoms with Crippen LogP contribution in [-0.2, 0) is 0 Å². The Morgan fingerprint density at radius 1 is 1.24 bits per heavy atom. The number of hydrogen-bond donors (Lipinski definition) is 3. The third-order valence-corrected chi connectivity index (χ3v) is 3.47. The molecule has 96 valence electrons. The monoisotopic (exact) mass is 236 g/mol. The summed E-state index contributed by atoms with van der Waals surface area (Å²) in [5, 5.41) is 9.43. The fraction of sp³-hybridized carbons (Fsp3) is 0.571. The smallest absolute Gasteiger partial charge is 0.115 e. The van der Waals surface area contributed by atoms with Gasteiger partial charge in [-0.15, -0.1) is 0 Å². The Morgan fingerprint density at radius 2 is 1.88 bits per heavy atom. The van der Waals surface area contributed by atoms with E-state index in [9.17, 15) is 5.11 Å². The van der Waals surface area contributed by atoms with Gasteiger partial charge >= 0.3 is 0 Å². The van der Waals surface area contributed by atoms with Crippen LogP contribution in [-0.4, -0.2) is 18.2 Å². The van der Waals surface area contributed by atoms with Gasteiger partial charge in [0.1, 0.15) is 5.75 Å². The van der Waals surface area contributed by atoms with Crippen molar-refractivity contribution >= 4 is 0 Å². The second-order valence-electron chi connectivity index (χ2n) is 4.72. The van der Waals surface area contributed by atoms with Crippen molar-refractivity contribution in [1.29, 1.82) is 0 Å². The average Bonchev–Trinajstić information content (AvgIpc) is 2.32. The molecule has 1 atom stereocenters. The maximum atomic E-state index is 9.43. The zero-order chi connectivity index (χ0) is 12.8. The lowest BCUT2D eigenvalue weighted by molar-refractivity contribution is 0.440. The van der Waals surface area contributed by atoms with Gasteiger partial charge in [-0.25, -0.2) is 0 Å². The molecule has 1 rings (SSSR count). The summed E-state index contributed by atoms with van der Waals surface area (Å²) in [6.07, 6.45) is 2.09. The number of nitrogens with two attached hydrogens (primary N) is 2. The third-order valence-electron chi connectivity index (χ3n) is 3.47. The average molecular weight is 236 g/mol. The Labute approximate surface area is 104 Å². The summed E-state index contributed by atoms with van der Waals surface area (Å²) in [6, 6.07) is 5.59. The second kappa shape index (κ2) is 6.62. The number of aromatic hydroxyl groups is 1. The first kappa shape index (κ1) is 14.0. The molecule has 17 heavy (non-hydrogen) atoms. The molecule has 1 unspecified atom stereocenters. The van der Waals surface area contributed by atoms with E-state index in [-0.39, 0.29) is 0 Å². The molecule has 1 aromatic carbocycles. The maximum absolute atomic E-state index is 9.43. The van der Waals surface area contributed by atoms with E-state index in [1.165, 1.54) is 5.56 Å². The van der Waals surface area contributed by atoms with Gasteiger partial charge in [-0.3, -0.25) is 0 Å². The van der Waals surface area contributed by atoms with E-state index in [1.54, 1.807) is 6.07 Å². The maximum Gasteiger partial charge on any atom is 0.115 e. The Morgan fingerprint density at radius 3 is 2.35 bits per heavy atom. The molecule has 0 aromatic heterocycles. The van der Waals surface area contributed by atoms with E-state index in [4.69, 9.17) is 11.5 Å². The highest BCUT2D eigenvalue weighted by Crippen LogP contribution is 2.30. The van der Waals surface area contributed by atoms with Gasteiger partial charge in [-0.2, -0.15) is 0 Å². The minimum Gasteiger partial charge on any atom is -0.508 e. The Balaban J connectivity index is 2.85. The van der Waals surface area contributed by atoms with Gasteiger partial charge in [0.2, 0.25) is 0 Å². The molecule has 0 amide bonds. The molecule has 3 nitrogen and oxygen atoms in total. The van der Waals surface area contributed by atoms with Gasteiger partial charge in [0.25, 0.3) is 0 Å².